The molecule has 2 aliphatic carbocycles. The molecule has 102 valence electrons. The van der Waals surface area contributed by atoms with E-state index in [-0.39, 0.29) is 12.5 Å². The summed E-state index contributed by atoms with van der Waals surface area (Å²) in [6, 6.07) is 0.235. The molecule has 0 radical (unpaired) electrons. The molecule has 2 fully saturated rings. The number of amides is 2. The Morgan fingerprint density at radius 3 is 2.22 bits per heavy atom. The van der Waals surface area contributed by atoms with Gasteiger partial charge in [-0.05, 0) is 44.4 Å². The average Bonchev–Trinajstić information content (AvgIpc) is 3.16. The Morgan fingerprint density at radius 2 is 1.83 bits per heavy atom. The first-order valence-corrected chi connectivity index (χ1v) is 6.89. The van der Waals surface area contributed by atoms with Crippen LogP contribution in [0.25, 0.3) is 0 Å². The van der Waals surface area contributed by atoms with Gasteiger partial charge in [0.1, 0.15) is 0 Å². The molecule has 0 bridgehead atoms. The van der Waals surface area contributed by atoms with Crippen molar-refractivity contribution in [3.8, 4) is 0 Å². The van der Waals surface area contributed by atoms with Crippen molar-refractivity contribution < 1.29 is 14.7 Å². The molecule has 2 N–H and O–H groups in total. The van der Waals surface area contributed by atoms with Gasteiger partial charge in [-0.3, -0.25) is 4.79 Å². The van der Waals surface area contributed by atoms with E-state index in [9.17, 15) is 9.59 Å². The molecule has 0 unspecified atom stereocenters. The SMILES string of the molecule is CCN(CCC(=O)O)C(=O)NC(C1CC1)C1CC1. The van der Waals surface area contributed by atoms with Crippen LogP contribution in [0.3, 0.4) is 0 Å². The van der Waals surface area contributed by atoms with Crippen molar-refractivity contribution in [3.63, 3.8) is 0 Å². The molecule has 5 nitrogen and oxygen atoms in total. The fraction of sp³-hybridized carbons (Fsp3) is 0.846. The molecular weight excluding hydrogens is 232 g/mol. The van der Waals surface area contributed by atoms with Crippen molar-refractivity contribution in [3.05, 3.63) is 0 Å². The van der Waals surface area contributed by atoms with Gasteiger partial charge in [0.2, 0.25) is 0 Å². The van der Waals surface area contributed by atoms with Gasteiger partial charge in [0.25, 0.3) is 0 Å². The van der Waals surface area contributed by atoms with Crippen LogP contribution >= 0.6 is 0 Å². The van der Waals surface area contributed by atoms with Gasteiger partial charge < -0.3 is 15.3 Å². The third kappa shape index (κ3) is 3.62. The highest BCUT2D eigenvalue weighted by molar-refractivity contribution is 5.75. The standard InChI is InChI=1S/C13H22N2O3/c1-2-15(8-7-11(16)17)13(18)14-12(9-3-4-9)10-5-6-10/h9-10,12H,2-8H2,1H3,(H,14,18)(H,16,17). The van der Waals surface area contributed by atoms with E-state index < -0.39 is 5.97 Å². The normalized spacial score (nSPS) is 18.8. The quantitative estimate of drug-likeness (QED) is 0.726. The van der Waals surface area contributed by atoms with Crippen molar-refractivity contribution in [1.29, 1.82) is 0 Å². The summed E-state index contributed by atoms with van der Waals surface area (Å²) >= 11 is 0. The van der Waals surface area contributed by atoms with Crippen molar-refractivity contribution >= 4 is 12.0 Å². The minimum Gasteiger partial charge on any atom is -0.481 e. The largest absolute Gasteiger partial charge is 0.481 e. The minimum atomic E-state index is -0.859. The summed E-state index contributed by atoms with van der Waals surface area (Å²) in [6.07, 6.45) is 4.91. The predicted octanol–water partition coefficient (Wildman–Crippen LogP) is 1.68. The molecular formula is C13H22N2O3. The van der Waals surface area contributed by atoms with Crippen LogP contribution in [-0.2, 0) is 4.79 Å². The number of nitrogens with one attached hydrogen (secondary N) is 1. The molecule has 0 aromatic carbocycles. The Balaban J connectivity index is 1.81. The first kappa shape index (κ1) is 13.2. The Morgan fingerprint density at radius 1 is 1.28 bits per heavy atom. The second kappa shape index (κ2) is 5.59. The van der Waals surface area contributed by atoms with Gasteiger partial charge in [0, 0.05) is 19.1 Å². The molecule has 5 heteroatoms. The Hall–Kier alpha value is -1.26. The maximum Gasteiger partial charge on any atom is 0.317 e. The third-order valence-corrected chi connectivity index (χ3v) is 3.81. The Kier molecular flexibility index (Phi) is 4.09. The fourth-order valence-corrected chi connectivity index (χ4v) is 2.40. The minimum absolute atomic E-state index is 0.0127. The first-order chi connectivity index (χ1) is 8.61. The van der Waals surface area contributed by atoms with Gasteiger partial charge in [-0.25, -0.2) is 4.79 Å². The van der Waals surface area contributed by atoms with E-state index in [0.29, 0.717) is 31.0 Å². The van der Waals surface area contributed by atoms with Crippen LogP contribution in [0.2, 0.25) is 0 Å². The van der Waals surface area contributed by atoms with E-state index in [4.69, 9.17) is 5.11 Å². The van der Waals surface area contributed by atoms with Crippen LogP contribution in [0.1, 0.15) is 39.0 Å². The molecule has 0 spiro atoms. The predicted molar refractivity (Wildman–Crippen MR) is 67.3 cm³/mol. The summed E-state index contributed by atoms with van der Waals surface area (Å²) in [5.41, 5.74) is 0. The highest BCUT2D eigenvalue weighted by Crippen LogP contribution is 2.44. The molecule has 0 aliphatic heterocycles. The second-order valence-electron chi connectivity index (χ2n) is 5.37. The summed E-state index contributed by atoms with van der Waals surface area (Å²) in [6.45, 7) is 2.73. The van der Waals surface area contributed by atoms with Gasteiger partial charge >= 0.3 is 12.0 Å². The number of nitrogens with zero attached hydrogens (tertiary/aromatic N) is 1. The lowest BCUT2D eigenvalue weighted by atomic mass is 10.1. The van der Waals surface area contributed by atoms with Crippen LogP contribution in [0.5, 0.6) is 0 Å². The third-order valence-electron chi connectivity index (χ3n) is 3.81. The first-order valence-electron chi connectivity index (χ1n) is 6.89. The Labute approximate surface area is 108 Å². The van der Waals surface area contributed by atoms with E-state index in [0.717, 1.165) is 0 Å². The molecule has 2 saturated carbocycles. The zero-order valence-corrected chi connectivity index (χ0v) is 10.9. The van der Waals surface area contributed by atoms with Crippen LogP contribution in [-0.4, -0.2) is 41.1 Å². The van der Waals surface area contributed by atoms with Crippen LogP contribution in [0.15, 0.2) is 0 Å². The Bertz CT molecular complexity index is 312. The highest BCUT2D eigenvalue weighted by Gasteiger charge is 2.42. The topological polar surface area (TPSA) is 69.6 Å². The van der Waals surface area contributed by atoms with E-state index in [1.165, 1.54) is 25.7 Å². The molecule has 0 heterocycles. The molecule has 0 saturated heterocycles. The number of hydrogen-bond acceptors (Lipinski definition) is 2. The molecule has 2 rings (SSSR count). The van der Waals surface area contributed by atoms with Crippen molar-refractivity contribution in [2.45, 2.75) is 45.1 Å². The summed E-state index contributed by atoms with van der Waals surface area (Å²) in [7, 11) is 0. The van der Waals surface area contributed by atoms with Gasteiger partial charge in [-0.2, -0.15) is 0 Å². The van der Waals surface area contributed by atoms with Gasteiger partial charge in [0.15, 0.2) is 0 Å². The molecule has 2 aliphatic rings. The lowest BCUT2D eigenvalue weighted by molar-refractivity contribution is -0.137. The van der Waals surface area contributed by atoms with Crippen LogP contribution in [0, 0.1) is 11.8 Å². The number of hydrogen-bond donors (Lipinski definition) is 2. The van der Waals surface area contributed by atoms with Crippen LogP contribution < -0.4 is 5.32 Å². The van der Waals surface area contributed by atoms with Gasteiger partial charge in [-0.1, -0.05) is 0 Å². The second-order valence-corrected chi connectivity index (χ2v) is 5.37. The average molecular weight is 254 g/mol. The lowest BCUT2D eigenvalue weighted by Crippen LogP contribution is -2.47. The van der Waals surface area contributed by atoms with Crippen molar-refractivity contribution in [2.75, 3.05) is 13.1 Å². The van der Waals surface area contributed by atoms with E-state index in [1.807, 2.05) is 6.92 Å². The summed E-state index contributed by atoms with van der Waals surface area (Å²) < 4.78 is 0. The zero-order valence-electron chi connectivity index (χ0n) is 10.9. The van der Waals surface area contributed by atoms with Gasteiger partial charge in [0.05, 0.1) is 6.42 Å². The number of aliphatic carboxylic acids is 1. The highest BCUT2D eigenvalue weighted by atomic mass is 16.4. The monoisotopic (exact) mass is 254 g/mol. The molecule has 2 amide bonds. The van der Waals surface area contributed by atoms with Crippen molar-refractivity contribution in [1.82, 2.24) is 10.2 Å². The maximum atomic E-state index is 12.1. The number of urea groups is 1. The van der Waals surface area contributed by atoms with E-state index >= 15 is 0 Å². The number of carbonyl (C=O) groups excluding carboxylic acids is 1. The molecule has 0 aromatic heterocycles. The van der Waals surface area contributed by atoms with Crippen LogP contribution in [0.4, 0.5) is 4.79 Å². The summed E-state index contributed by atoms with van der Waals surface area (Å²) in [5, 5.41) is 11.8. The molecule has 0 aromatic rings. The van der Waals surface area contributed by atoms with Crippen molar-refractivity contribution in [2.24, 2.45) is 11.8 Å². The molecule has 0 atom stereocenters. The zero-order chi connectivity index (χ0) is 13.1. The summed E-state index contributed by atoms with van der Waals surface area (Å²) in [4.78, 5) is 24.2. The smallest absolute Gasteiger partial charge is 0.317 e. The number of carbonyl (C=O) groups is 2. The van der Waals surface area contributed by atoms with E-state index in [1.54, 1.807) is 4.90 Å². The van der Waals surface area contributed by atoms with E-state index in [2.05, 4.69) is 5.32 Å². The number of carboxylic acids is 1. The van der Waals surface area contributed by atoms with Gasteiger partial charge in [-0.15, -0.1) is 0 Å². The number of rotatable bonds is 7. The maximum absolute atomic E-state index is 12.1. The number of carboxylic acid groups (broad SMARTS) is 1. The molecule has 18 heavy (non-hydrogen) atoms. The summed E-state index contributed by atoms with van der Waals surface area (Å²) in [5.74, 6) is 0.474. The lowest BCUT2D eigenvalue weighted by Gasteiger charge is -2.25. The fourth-order valence-electron chi connectivity index (χ4n) is 2.40.